The quantitative estimate of drug-likeness (QED) is 0.401. The van der Waals surface area contributed by atoms with Gasteiger partial charge in [0.05, 0.1) is 22.1 Å². The minimum atomic E-state index is -1.00. The number of rotatable bonds is 5. The largest absolute Gasteiger partial charge is 0.365 e. The zero-order chi connectivity index (χ0) is 23.0. The molecule has 1 aromatic carbocycles. The zero-order valence-electron chi connectivity index (χ0n) is 17.1. The molecule has 2 aliphatic rings. The number of carbonyl (C=O) groups excluding carboxylic acids is 3. The maximum Gasteiger partial charge on any atom is 0.306 e. The summed E-state index contributed by atoms with van der Waals surface area (Å²) in [6, 6.07) is 3.17. The van der Waals surface area contributed by atoms with Gasteiger partial charge in [0.1, 0.15) is 5.00 Å². The Balaban J connectivity index is 1.54. The third kappa shape index (κ3) is 4.07. The van der Waals surface area contributed by atoms with Gasteiger partial charge in [0.2, 0.25) is 17.6 Å². The number of nitro benzene ring substituents is 1. The number of thiophene rings is 1. The minimum Gasteiger partial charge on any atom is -0.365 e. The van der Waals surface area contributed by atoms with E-state index >= 15 is 0 Å². The summed E-state index contributed by atoms with van der Waals surface area (Å²) in [5, 5.41) is 14.2. The van der Waals surface area contributed by atoms with Crippen LogP contribution in [0.15, 0.2) is 18.2 Å². The van der Waals surface area contributed by atoms with E-state index in [9.17, 15) is 28.9 Å². The third-order valence-electron chi connectivity index (χ3n) is 5.84. The van der Waals surface area contributed by atoms with Gasteiger partial charge < -0.3 is 16.0 Å². The second-order valence-electron chi connectivity index (χ2n) is 7.92. The molecule has 3 amide bonds. The molecule has 4 rings (SSSR count). The predicted molar refractivity (Wildman–Crippen MR) is 116 cm³/mol. The van der Waals surface area contributed by atoms with Crippen molar-refractivity contribution >= 4 is 45.4 Å². The fraction of sp³-hybridized carbons (Fsp3) is 0.381. The number of nitrogens with two attached hydrogens (primary N) is 1. The van der Waals surface area contributed by atoms with Crippen molar-refractivity contribution in [3.63, 3.8) is 0 Å². The number of nitro groups is 1. The van der Waals surface area contributed by atoms with E-state index in [1.165, 1.54) is 22.3 Å². The summed E-state index contributed by atoms with van der Waals surface area (Å²) in [5.41, 5.74) is 6.26. The number of anilines is 2. The van der Waals surface area contributed by atoms with E-state index in [1.807, 2.05) is 0 Å². The number of amides is 3. The summed E-state index contributed by atoms with van der Waals surface area (Å²) in [7, 11) is 0. The number of benzene rings is 1. The van der Waals surface area contributed by atoms with E-state index < -0.39 is 40.1 Å². The molecule has 168 valence electrons. The SMILES string of the molecule is NC(=O)c1c(NC(=O)C2CC(=O)N(c3ccc(F)c([N+](=O)[O-])c3)C2)sc2c1CCCCC2. The number of aryl methyl sites for hydroxylation is 1. The van der Waals surface area contributed by atoms with Crippen molar-refractivity contribution in [2.75, 3.05) is 16.8 Å². The van der Waals surface area contributed by atoms with Crippen LogP contribution in [-0.4, -0.2) is 29.2 Å². The summed E-state index contributed by atoms with van der Waals surface area (Å²) < 4.78 is 13.6. The molecule has 0 spiro atoms. The number of primary amides is 1. The van der Waals surface area contributed by atoms with Gasteiger partial charge in [-0.3, -0.25) is 24.5 Å². The topological polar surface area (TPSA) is 136 Å². The molecule has 1 saturated heterocycles. The van der Waals surface area contributed by atoms with E-state index in [0.717, 1.165) is 54.7 Å². The number of fused-ring (bicyclic) bond motifs is 1. The second-order valence-corrected chi connectivity index (χ2v) is 9.03. The lowest BCUT2D eigenvalue weighted by Gasteiger charge is -2.16. The normalized spacial score (nSPS) is 18.2. The highest BCUT2D eigenvalue weighted by Gasteiger charge is 2.37. The molecule has 3 N–H and O–H groups in total. The van der Waals surface area contributed by atoms with Gasteiger partial charge in [0.25, 0.3) is 5.91 Å². The van der Waals surface area contributed by atoms with Crippen molar-refractivity contribution in [1.82, 2.24) is 0 Å². The Bertz CT molecular complexity index is 1130. The molecule has 32 heavy (non-hydrogen) atoms. The maximum absolute atomic E-state index is 13.6. The first-order chi connectivity index (χ1) is 15.3. The number of halogens is 1. The number of hydrogen-bond acceptors (Lipinski definition) is 6. The smallest absolute Gasteiger partial charge is 0.306 e. The van der Waals surface area contributed by atoms with Gasteiger partial charge in [-0.15, -0.1) is 11.3 Å². The molecular formula is C21H21FN4O5S. The van der Waals surface area contributed by atoms with Crippen LogP contribution in [0.2, 0.25) is 0 Å². The van der Waals surface area contributed by atoms with Crippen LogP contribution in [0.25, 0.3) is 0 Å². The number of nitrogens with zero attached hydrogens (tertiary/aromatic N) is 2. The monoisotopic (exact) mass is 460 g/mol. The summed E-state index contributed by atoms with van der Waals surface area (Å²) in [6.07, 6.45) is 4.49. The van der Waals surface area contributed by atoms with E-state index in [1.54, 1.807) is 0 Å². The molecule has 0 saturated carbocycles. The average Bonchev–Trinajstić information content (AvgIpc) is 3.20. The molecule has 0 radical (unpaired) electrons. The van der Waals surface area contributed by atoms with Gasteiger partial charge in [-0.25, -0.2) is 0 Å². The fourth-order valence-corrected chi connectivity index (χ4v) is 5.54. The van der Waals surface area contributed by atoms with Crippen molar-refractivity contribution < 1.29 is 23.7 Å². The van der Waals surface area contributed by atoms with E-state index in [0.29, 0.717) is 10.6 Å². The number of hydrogen-bond donors (Lipinski definition) is 2. The first-order valence-electron chi connectivity index (χ1n) is 10.3. The standard InChI is InChI=1S/C21H21FN4O5S/c22-14-7-6-12(9-15(14)26(30)31)25-10-11(8-17(25)27)20(29)24-21-18(19(23)28)13-4-2-1-3-5-16(13)32-21/h6-7,9,11H,1-5,8,10H2,(H2,23,28)(H,24,29). The van der Waals surface area contributed by atoms with Crippen LogP contribution >= 0.6 is 11.3 Å². The molecule has 0 bridgehead atoms. The van der Waals surface area contributed by atoms with E-state index in [-0.39, 0.29) is 18.7 Å². The van der Waals surface area contributed by atoms with Crippen LogP contribution in [0.1, 0.15) is 46.5 Å². The summed E-state index contributed by atoms with van der Waals surface area (Å²) >= 11 is 1.35. The Kier molecular flexibility index (Phi) is 5.92. The fourth-order valence-electron chi connectivity index (χ4n) is 4.25. The van der Waals surface area contributed by atoms with Gasteiger partial charge in [-0.2, -0.15) is 4.39 Å². The molecule has 11 heteroatoms. The van der Waals surface area contributed by atoms with Crippen LogP contribution < -0.4 is 16.0 Å². The molecule has 1 aliphatic heterocycles. The first kappa shape index (κ1) is 21.9. The number of nitrogens with one attached hydrogen (secondary N) is 1. The molecule has 1 fully saturated rings. The van der Waals surface area contributed by atoms with Gasteiger partial charge in [-0.05, 0) is 43.4 Å². The van der Waals surface area contributed by atoms with Crippen LogP contribution in [0.5, 0.6) is 0 Å². The summed E-state index contributed by atoms with van der Waals surface area (Å²) in [5.74, 6) is -3.16. The Labute approximate surface area is 186 Å². The van der Waals surface area contributed by atoms with Crippen molar-refractivity contribution in [2.24, 2.45) is 11.7 Å². The maximum atomic E-state index is 13.6. The highest BCUT2D eigenvalue weighted by Crippen LogP contribution is 2.38. The van der Waals surface area contributed by atoms with Crippen LogP contribution in [0.3, 0.4) is 0 Å². The van der Waals surface area contributed by atoms with Crippen molar-refractivity contribution in [3.8, 4) is 0 Å². The lowest BCUT2D eigenvalue weighted by atomic mass is 10.0. The molecule has 1 aromatic heterocycles. The third-order valence-corrected chi connectivity index (χ3v) is 7.05. The van der Waals surface area contributed by atoms with E-state index in [4.69, 9.17) is 5.73 Å². The summed E-state index contributed by atoms with van der Waals surface area (Å²) in [4.78, 5) is 49.9. The van der Waals surface area contributed by atoms with Gasteiger partial charge in [-0.1, -0.05) is 6.42 Å². The average molecular weight is 460 g/mol. The Morgan fingerprint density at radius 1 is 1.25 bits per heavy atom. The Morgan fingerprint density at radius 2 is 2.00 bits per heavy atom. The lowest BCUT2D eigenvalue weighted by molar-refractivity contribution is -0.387. The predicted octanol–water partition coefficient (Wildman–Crippen LogP) is 3.15. The molecule has 9 nitrogen and oxygen atoms in total. The number of carbonyl (C=O) groups is 3. The second kappa shape index (κ2) is 8.65. The molecule has 2 heterocycles. The van der Waals surface area contributed by atoms with Crippen LogP contribution in [0.4, 0.5) is 20.8 Å². The molecular weight excluding hydrogens is 439 g/mol. The Morgan fingerprint density at radius 3 is 2.72 bits per heavy atom. The molecule has 2 aromatic rings. The lowest BCUT2D eigenvalue weighted by Crippen LogP contribution is -2.28. The van der Waals surface area contributed by atoms with Gasteiger partial charge in [0.15, 0.2) is 0 Å². The van der Waals surface area contributed by atoms with Crippen LogP contribution in [-0.2, 0) is 22.4 Å². The molecule has 1 aliphatic carbocycles. The van der Waals surface area contributed by atoms with Gasteiger partial charge in [0, 0.05) is 23.9 Å². The highest BCUT2D eigenvalue weighted by atomic mass is 32.1. The van der Waals surface area contributed by atoms with Crippen molar-refractivity contribution in [1.29, 1.82) is 0 Å². The molecule has 1 unspecified atom stereocenters. The highest BCUT2D eigenvalue weighted by molar-refractivity contribution is 7.17. The van der Waals surface area contributed by atoms with Gasteiger partial charge >= 0.3 is 5.69 Å². The first-order valence-corrected chi connectivity index (χ1v) is 11.1. The van der Waals surface area contributed by atoms with Crippen molar-refractivity contribution in [2.45, 2.75) is 38.5 Å². The molecule has 1 atom stereocenters. The van der Waals surface area contributed by atoms with E-state index in [2.05, 4.69) is 5.32 Å². The minimum absolute atomic E-state index is 0.00948. The Hall–Kier alpha value is -3.34. The van der Waals surface area contributed by atoms with Crippen LogP contribution in [0, 0.1) is 21.8 Å². The van der Waals surface area contributed by atoms with Crippen molar-refractivity contribution in [3.05, 3.63) is 50.1 Å². The summed E-state index contributed by atoms with van der Waals surface area (Å²) in [6.45, 7) is -0.00948. The zero-order valence-corrected chi connectivity index (χ0v) is 17.9.